The van der Waals surface area contributed by atoms with Gasteiger partial charge in [0.25, 0.3) is 5.91 Å². The summed E-state index contributed by atoms with van der Waals surface area (Å²) in [6.07, 6.45) is 0.619. The molecule has 21 heavy (non-hydrogen) atoms. The molecule has 1 heterocycles. The SMILES string of the molecule is CNCC1CCN(C(=O)C(C)Oc2cccc(Br)c2)C1.Cl. The number of carbonyl (C=O) groups is 1. The van der Waals surface area contributed by atoms with Gasteiger partial charge in [0.05, 0.1) is 0 Å². The minimum atomic E-state index is -0.447. The Labute approximate surface area is 140 Å². The van der Waals surface area contributed by atoms with Crippen LogP contribution in [0.3, 0.4) is 0 Å². The number of likely N-dealkylation sites (tertiary alicyclic amines) is 1. The van der Waals surface area contributed by atoms with E-state index in [1.807, 2.05) is 43.1 Å². The molecule has 2 rings (SSSR count). The zero-order valence-electron chi connectivity index (χ0n) is 12.3. The van der Waals surface area contributed by atoms with E-state index < -0.39 is 6.10 Å². The number of benzene rings is 1. The van der Waals surface area contributed by atoms with Crippen molar-refractivity contribution in [2.45, 2.75) is 19.4 Å². The van der Waals surface area contributed by atoms with Gasteiger partial charge in [-0.15, -0.1) is 12.4 Å². The van der Waals surface area contributed by atoms with Crippen molar-refractivity contribution in [1.29, 1.82) is 0 Å². The number of nitrogens with one attached hydrogen (secondary N) is 1. The fraction of sp³-hybridized carbons (Fsp3) is 0.533. The van der Waals surface area contributed by atoms with E-state index in [0.29, 0.717) is 11.7 Å². The maximum absolute atomic E-state index is 12.4. The van der Waals surface area contributed by atoms with Gasteiger partial charge in [-0.25, -0.2) is 0 Å². The zero-order chi connectivity index (χ0) is 14.5. The molecule has 0 aliphatic carbocycles. The van der Waals surface area contributed by atoms with Gasteiger partial charge in [-0.05, 0) is 51.1 Å². The fourth-order valence-electron chi connectivity index (χ4n) is 2.54. The van der Waals surface area contributed by atoms with Gasteiger partial charge in [-0.2, -0.15) is 0 Å². The molecule has 118 valence electrons. The molecule has 0 bridgehead atoms. The van der Waals surface area contributed by atoms with Gasteiger partial charge in [0, 0.05) is 17.6 Å². The van der Waals surface area contributed by atoms with Crippen molar-refractivity contribution < 1.29 is 9.53 Å². The van der Waals surface area contributed by atoms with Gasteiger partial charge in [0.1, 0.15) is 5.75 Å². The van der Waals surface area contributed by atoms with Crippen molar-refractivity contribution in [2.24, 2.45) is 5.92 Å². The number of nitrogens with zero attached hydrogens (tertiary/aromatic N) is 1. The van der Waals surface area contributed by atoms with E-state index in [4.69, 9.17) is 4.74 Å². The first-order chi connectivity index (χ1) is 9.60. The van der Waals surface area contributed by atoms with Crippen molar-refractivity contribution in [3.8, 4) is 5.75 Å². The predicted octanol–water partition coefficient (Wildman–Crippen LogP) is 2.71. The number of halogens is 2. The van der Waals surface area contributed by atoms with Crippen LogP contribution in [0.25, 0.3) is 0 Å². The summed E-state index contributed by atoms with van der Waals surface area (Å²) in [4.78, 5) is 14.3. The van der Waals surface area contributed by atoms with E-state index in [1.54, 1.807) is 0 Å². The first-order valence-electron chi connectivity index (χ1n) is 6.95. The zero-order valence-corrected chi connectivity index (χ0v) is 14.7. The van der Waals surface area contributed by atoms with E-state index in [2.05, 4.69) is 21.2 Å². The average molecular weight is 378 g/mol. The van der Waals surface area contributed by atoms with Crippen LogP contribution in [0.5, 0.6) is 5.75 Å². The minimum Gasteiger partial charge on any atom is -0.481 e. The van der Waals surface area contributed by atoms with E-state index in [0.717, 1.165) is 30.5 Å². The highest BCUT2D eigenvalue weighted by atomic mass is 79.9. The molecular weight excluding hydrogens is 356 g/mol. The van der Waals surface area contributed by atoms with Crippen LogP contribution in [-0.2, 0) is 4.79 Å². The first kappa shape index (κ1) is 18.3. The molecule has 0 spiro atoms. The summed E-state index contributed by atoms with van der Waals surface area (Å²) in [5.41, 5.74) is 0. The third-order valence-corrected chi connectivity index (χ3v) is 4.04. The standard InChI is InChI=1S/C15H21BrN2O2.ClH/c1-11(20-14-5-3-4-13(16)8-14)15(19)18-7-6-12(10-18)9-17-2;/h3-5,8,11-12,17H,6-7,9-10H2,1-2H3;1H. The summed E-state index contributed by atoms with van der Waals surface area (Å²) in [5.74, 6) is 1.34. The molecular formula is C15H22BrClN2O2. The van der Waals surface area contributed by atoms with Gasteiger partial charge in [-0.3, -0.25) is 4.79 Å². The Morgan fingerprint density at radius 2 is 2.33 bits per heavy atom. The van der Waals surface area contributed by atoms with Crippen LogP contribution >= 0.6 is 28.3 Å². The van der Waals surface area contributed by atoms with Gasteiger partial charge in [-0.1, -0.05) is 22.0 Å². The topological polar surface area (TPSA) is 41.6 Å². The Morgan fingerprint density at radius 1 is 1.57 bits per heavy atom. The summed E-state index contributed by atoms with van der Waals surface area (Å²) in [6.45, 7) is 4.43. The third kappa shape index (κ3) is 5.16. The number of amides is 1. The van der Waals surface area contributed by atoms with E-state index >= 15 is 0 Å². The smallest absolute Gasteiger partial charge is 0.263 e. The number of carbonyl (C=O) groups excluding carboxylic acids is 1. The van der Waals surface area contributed by atoms with Crippen molar-refractivity contribution in [1.82, 2.24) is 10.2 Å². The molecule has 1 aromatic rings. The molecule has 6 heteroatoms. The van der Waals surface area contributed by atoms with Crippen LogP contribution in [0.15, 0.2) is 28.7 Å². The molecule has 0 saturated carbocycles. The van der Waals surface area contributed by atoms with Crippen LogP contribution in [0.2, 0.25) is 0 Å². The Morgan fingerprint density at radius 3 is 3.00 bits per heavy atom. The Balaban J connectivity index is 0.00000220. The lowest BCUT2D eigenvalue weighted by molar-refractivity contribution is -0.137. The van der Waals surface area contributed by atoms with Crippen molar-refractivity contribution >= 4 is 34.2 Å². The monoisotopic (exact) mass is 376 g/mol. The average Bonchev–Trinajstić information content (AvgIpc) is 2.87. The van der Waals surface area contributed by atoms with Gasteiger partial charge >= 0.3 is 0 Å². The first-order valence-corrected chi connectivity index (χ1v) is 7.75. The fourth-order valence-corrected chi connectivity index (χ4v) is 2.92. The van der Waals surface area contributed by atoms with Gasteiger partial charge in [0.15, 0.2) is 6.10 Å². The van der Waals surface area contributed by atoms with Crippen LogP contribution in [0.4, 0.5) is 0 Å². The molecule has 0 radical (unpaired) electrons. The second-order valence-electron chi connectivity index (χ2n) is 5.21. The Hall–Kier alpha value is -0.780. The van der Waals surface area contributed by atoms with Crippen molar-refractivity contribution in [3.63, 3.8) is 0 Å². The number of hydrogen-bond acceptors (Lipinski definition) is 3. The third-order valence-electron chi connectivity index (χ3n) is 3.55. The summed E-state index contributed by atoms with van der Waals surface area (Å²) < 4.78 is 6.68. The molecule has 1 saturated heterocycles. The summed E-state index contributed by atoms with van der Waals surface area (Å²) in [5, 5.41) is 3.17. The maximum Gasteiger partial charge on any atom is 0.263 e. The van der Waals surface area contributed by atoms with Crippen LogP contribution in [-0.4, -0.2) is 43.6 Å². The maximum atomic E-state index is 12.4. The lowest BCUT2D eigenvalue weighted by Crippen LogP contribution is -2.39. The van der Waals surface area contributed by atoms with Crippen molar-refractivity contribution in [2.75, 3.05) is 26.7 Å². The summed E-state index contributed by atoms with van der Waals surface area (Å²) in [6, 6.07) is 7.57. The largest absolute Gasteiger partial charge is 0.481 e. The van der Waals surface area contributed by atoms with Crippen LogP contribution in [0, 0.1) is 5.92 Å². The second kappa shape index (κ2) is 8.61. The highest BCUT2D eigenvalue weighted by Gasteiger charge is 2.29. The predicted molar refractivity (Wildman–Crippen MR) is 90.1 cm³/mol. The Bertz CT molecular complexity index is 473. The molecule has 1 aliphatic rings. The number of ether oxygens (including phenoxy) is 1. The number of hydrogen-bond donors (Lipinski definition) is 1. The summed E-state index contributed by atoms with van der Waals surface area (Å²) >= 11 is 3.40. The normalized spacial score (nSPS) is 19.0. The number of rotatable bonds is 5. The molecule has 1 aliphatic heterocycles. The van der Waals surface area contributed by atoms with E-state index in [-0.39, 0.29) is 18.3 Å². The molecule has 0 aromatic heterocycles. The minimum absolute atomic E-state index is 0. The molecule has 1 aromatic carbocycles. The molecule has 1 fully saturated rings. The molecule has 2 atom stereocenters. The van der Waals surface area contributed by atoms with Crippen LogP contribution < -0.4 is 10.1 Å². The molecule has 2 unspecified atom stereocenters. The van der Waals surface area contributed by atoms with E-state index in [1.165, 1.54) is 0 Å². The van der Waals surface area contributed by atoms with Gasteiger partial charge in [0.2, 0.25) is 0 Å². The molecule has 1 amide bonds. The van der Waals surface area contributed by atoms with Crippen LogP contribution in [0.1, 0.15) is 13.3 Å². The molecule has 1 N–H and O–H groups in total. The van der Waals surface area contributed by atoms with Gasteiger partial charge < -0.3 is 15.0 Å². The summed E-state index contributed by atoms with van der Waals surface area (Å²) in [7, 11) is 1.95. The highest BCUT2D eigenvalue weighted by molar-refractivity contribution is 9.10. The lowest BCUT2D eigenvalue weighted by Gasteiger charge is -2.22. The van der Waals surface area contributed by atoms with Crippen molar-refractivity contribution in [3.05, 3.63) is 28.7 Å². The lowest BCUT2D eigenvalue weighted by atomic mass is 10.1. The Kier molecular flexibility index (Phi) is 7.49. The second-order valence-corrected chi connectivity index (χ2v) is 6.13. The highest BCUT2D eigenvalue weighted by Crippen LogP contribution is 2.21. The quantitative estimate of drug-likeness (QED) is 0.858. The molecule has 4 nitrogen and oxygen atoms in total. The van der Waals surface area contributed by atoms with E-state index in [9.17, 15) is 4.79 Å².